The van der Waals surface area contributed by atoms with Gasteiger partial charge >= 0.3 is 0 Å². The van der Waals surface area contributed by atoms with E-state index >= 15 is 0 Å². The van der Waals surface area contributed by atoms with Crippen molar-refractivity contribution >= 4 is 27.4 Å². The number of aromatic nitrogens is 2. The van der Waals surface area contributed by atoms with E-state index in [2.05, 4.69) is 20.2 Å². The van der Waals surface area contributed by atoms with Crippen molar-refractivity contribution < 1.29 is 8.42 Å². The normalized spacial score (nSPS) is 11.3. The van der Waals surface area contributed by atoms with Crippen molar-refractivity contribution in [2.75, 3.05) is 11.8 Å². The van der Waals surface area contributed by atoms with Crippen LogP contribution in [-0.2, 0) is 16.6 Å². The maximum absolute atomic E-state index is 12.2. The first-order valence-corrected chi connectivity index (χ1v) is 7.62. The summed E-state index contributed by atoms with van der Waals surface area (Å²) >= 11 is 6.01. The van der Waals surface area contributed by atoms with Crippen LogP contribution in [0.3, 0.4) is 0 Å². The van der Waals surface area contributed by atoms with Gasteiger partial charge in [0.1, 0.15) is 0 Å². The molecule has 8 heteroatoms. The summed E-state index contributed by atoms with van der Waals surface area (Å²) in [6, 6.07) is 7.64. The molecule has 6 nitrogen and oxygen atoms in total. The van der Waals surface area contributed by atoms with Crippen molar-refractivity contribution in [1.82, 2.24) is 15.5 Å². The van der Waals surface area contributed by atoms with Crippen LogP contribution in [-0.4, -0.2) is 25.7 Å². The minimum atomic E-state index is -3.71. The lowest BCUT2D eigenvalue weighted by Gasteiger charge is -2.09. The molecule has 2 aromatic rings. The molecular formula is C12H13ClN4O2S. The van der Waals surface area contributed by atoms with E-state index in [-0.39, 0.29) is 10.7 Å². The van der Waals surface area contributed by atoms with Crippen LogP contribution < -0.4 is 10.0 Å². The predicted octanol–water partition coefficient (Wildman–Crippen LogP) is 1.65. The third-order valence-electron chi connectivity index (χ3n) is 2.51. The zero-order chi connectivity index (χ0) is 14.6. The number of nitrogens with zero attached hydrogens (tertiary/aromatic N) is 2. The first-order chi connectivity index (χ1) is 9.53. The Bertz CT molecular complexity index is 692. The summed E-state index contributed by atoms with van der Waals surface area (Å²) in [5.41, 5.74) is 0.705. The molecule has 2 N–H and O–H groups in total. The largest absolute Gasteiger partial charge is 0.316 e. The minimum Gasteiger partial charge on any atom is -0.316 e. The molecule has 106 valence electrons. The number of nitrogens with one attached hydrogen (secondary N) is 2. The van der Waals surface area contributed by atoms with E-state index in [0.29, 0.717) is 17.1 Å². The van der Waals surface area contributed by atoms with Crippen molar-refractivity contribution in [3.8, 4) is 0 Å². The van der Waals surface area contributed by atoms with Gasteiger partial charge in [0.05, 0.1) is 4.90 Å². The molecule has 0 aliphatic rings. The van der Waals surface area contributed by atoms with Gasteiger partial charge in [0.25, 0.3) is 10.0 Å². The highest BCUT2D eigenvalue weighted by atomic mass is 35.5. The Labute approximate surface area is 122 Å². The van der Waals surface area contributed by atoms with Gasteiger partial charge < -0.3 is 5.32 Å². The summed E-state index contributed by atoms with van der Waals surface area (Å²) in [5.74, 6) is 0.164. The molecule has 0 fully saturated rings. The van der Waals surface area contributed by atoms with Gasteiger partial charge in [-0.3, -0.25) is 4.72 Å². The second-order valence-corrected chi connectivity index (χ2v) is 6.09. The maximum Gasteiger partial charge on any atom is 0.263 e. The minimum absolute atomic E-state index is 0.123. The lowest BCUT2D eigenvalue weighted by molar-refractivity contribution is 0.600. The molecule has 0 saturated heterocycles. The van der Waals surface area contributed by atoms with Crippen LogP contribution in [0.4, 0.5) is 5.82 Å². The van der Waals surface area contributed by atoms with E-state index in [1.54, 1.807) is 19.2 Å². The number of halogens is 1. The average molecular weight is 313 g/mol. The van der Waals surface area contributed by atoms with Crippen LogP contribution in [0.5, 0.6) is 0 Å². The second-order valence-electron chi connectivity index (χ2n) is 4.00. The maximum atomic E-state index is 12.2. The molecule has 0 atom stereocenters. The smallest absolute Gasteiger partial charge is 0.263 e. The topological polar surface area (TPSA) is 84.0 Å². The van der Waals surface area contributed by atoms with Crippen LogP contribution in [0.2, 0.25) is 5.02 Å². The van der Waals surface area contributed by atoms with Crippen molar-refractivity contribution in [3.63, 3.8) is 0 Å². The van der Waals surface area contributed by atoms with E-state index < -0.39 is 10.0 Å². The van der Waals surface area contributed by atoms with Gasteiger partial charge in [0.2, 0.25) is 0 Å². The van der Waals surface area contributed by atoms with Gasteiger partial charge in [-0.15, -0.1) is 5.10 Å². The lowest BCUT2D eigenvalue weighted by atomic mass is 10.2. The molecule has 0 saturated carbocycles. The number of benzene rings is 1. The van der Waals surface area contributed by atoms with Gasteiger partial charge in [-0.05, 0) is 42.9 Å². The van der Waals surface area contributed by atoms with Crippen molar-refractivity contribution in [3.05, 3.63) is 47.1 Å². The summed E-state index contributed by atoms with van der Waals surface area (Å²) in [4.78, 5) is 0.123. The Morgan fingerprint density at radius 1 is 1.30 bits per heavy atom. The van der Waals surface area contributed by atoms with Gasteiger partial charge in [0, 0.05) is 17.8 Å². The molecule has 0 aliphatic carbocycles. The Morgan fingerprint density at radius 2 is 2.10 bits per heavy atom. The Morgan fingerprint density at radius 3 is 2.75 bits per heavy atom. The van der Waals surface area contributed by atoms with E-state index in [9.17, 15) is 8.42 Å². The highest BCUT2D eigenvalue weighted by Crippen LogP contribution is 2.21. The van der Waals surface area contributed by atoms with E-state index in [4.69, 9.17) is 11.6 Å². The Balaban J connectivity index is 2.32. The summed E-state index contributed by atoms with van der Waals surface area (Å²) in [5, 5.41) is 10.7. The lowest BCUT2D eigenvalue weighted by Crippen LogP contribution is -2.15. The van der Waals surface area contributed by atoms with Crippen molar-refractivity contribution in [2.24, 2.45) is 0 Å². The number of hydrogen-bond acceptors (Lipinski definition) is 5. The summed E-state index contributed by atoms with van der Waals surface area (Å²) in [6.07, 6.45) is 1.46. The first kappa shape index (κ1) is 14.7. The number of hydrogen-bond donors (Lipinski definition) is 2. The van der Waals surface area contributed by atoms with Crippen molar-refractivity contribution in [2.45, 2.75) is 11.4 Å². The predicted molar refractivity (Wildman–Crippen MR) is 77.1 cm³/mol. The number of sulfonamides is 1. The summed E-state index contributed by atoms with van der Waals surface area (Å²) in [7, 11) is -1.95. The summed E-state index contributed by atoms with van der Waals surface area (Å²) < 4.78 is 26.8. The fourth-order valence-electron chi connectivity index (χ4n) is 1.60. The number of anilines is 1. The standard InChI is InChI=1S/C12H13ClN4O2S/c1-14-8-9-7-10(4-5-11(9)13)20(18,19)17-12-3-2-6-15-16-12/h2-7,14H,8H2,1H3,(H,16,17). The number of rotatable bonds is 5. The van der Waals surface area contributed by atoms with Crippen LogP contribution in [0.1, 0.15) is 5.56 Å². The van der Waals surface area contributed by atoms with Gasteiger partial charge in [0.15, 0.2) is 5.82 Å². The second kappa shape index (κ2) is 6.17. The third kappa shape index (κ3) is 3.44. The molecule has 0 bridgehead atoms. The fourth-order valence-corrected chi connectivity index (χ4v) is 2.83. The van der Waals surface area contributed by atoms with Gasteiger partial charge in [-0.1, -0.05) is 11.6 Å². The van der Waals surface area contributed by atoms with E-state index in [1.807, 2.05) is 0 Å². The molecule has 1 aromatic carbocycles. The average Bonchev–Trinajstić information content (AvgIpc) is 2.42. The zero-order valence-corrected chi connectivity index (χ0v) is 12.2. The molecule has 0 radical (unpaired) electrons. The monoisotopic (exact) mass is 312 g/mol. The zero-order valence-electron chi connectivity index (χ0n) is 10.7. The third-order valence-corrected chi connectivity index (χ3v) is 4.23. The van der Waals surface area contributed by atoms with Crippen molar-refractivity contribution in [1.29, 1.82) is 0 Å². The van der Waals surface area contributed by atoms with Crippen LogP contribution in [0.15, 0.2) is 41.4 Å². The van der Waals surface area contributed by atoms with Crippen LogP contribution in [0, 0.1) is 0 Å². The molecule has 20 heavy (non-hydrogen) atoms. The summed E-state index contributed by atoms with van der Waals surface area (Å²) in [6.45, 7) is 0.479. The highest BCUT2D eigenvalue weighted by molar-refractivity contribution is 7.92. The molecule has 0 unspecified atom stereocenters. The van der Waals surface area contributed by atoms with Crippen LogP contribution in [0.25, 0.3) is 0 Å². The highest BCUT2D eigenvalue weighted by Gasteiger charge is 2.16. The molecule has 0 spiro atoms. The van der Waals surface area contributed by atoms with Crippen LogP contribution >= 0.6 is 11.6 Å². The molecular weight excluding hydrogens is 300 g/mol. The quantitative estimate of drug-likeness (QED) is 0.877. The molecule has 0 amide bonds. The van der Waals surface area contributed by atoms with E-state index in [0.717, 1.165) is 0 Å². The Kier molecular flexibility index (Phi) is 4.53. The molecule has 1 aromatic heterocycles. The Hall–Kier alpha value is -1.70. The molecule has 1 heterocycles. The van der Waals surface area contributed by atoms with Gasteiger partial charge in [-0.2, -0.15) is 5.10 Å². The molecule has 2 rings (SSSR count). The molecule has 0 aliphatic heterocycles. The van der Waals surface area contributed by atoms with E-state index in [1.165, 1.54) is 24.4 Å². The fraction of sp³-hybridized carbons (Fsp3) is 0.167. The first-order valence-electron chi connectivity index (χ1n) is 5.76. The SMILES string of the molecule is CNCc1cc(S(=O)(=O)Nc2cccnn2)ccc1Cl. The van der Waals surface area contributed by atoms with Gasteiger partial charge in [-0.25, -0.2) is 8.42 Å².